The molecule has 5 nitrogen and oxygen atoms in total. The molecule has 0 aliphatic carbocycles. The van der Waals surface area contributed by atoms with Gasteiger partial charge in [-0.3, -0.25) is 4.79 Å². The zero-order valence-electron chi connectivity index (χ0n) is 12.7. The van der Waals surface area contributed by atoms with Crippen LogP contribution >= 0.6 is 0 Å². The topological polar surface area (TPSA) is 65.2 Å². The summed E-state index contributed by atoms with van der Waals surface area (Å²) in [6, 6.07) is 18.9. The molecule has 0 fully saturated rings. The summed E-state index contributed by atoms with van der Waals surface area (Å²) in [5.74, 6) is 0.361. The summed E-state index contributed by atoms with van der Waals surface area (Å²) in [5.41, 5.74) is 1.73. The van der Waals surface area contributed by atoms with Gasteiger partial charge in [0.05, 0.1) is 6.42 Å². The Morgan fingerprint density at radius 3 is 2.39 bits per heavy atom. The lowest BCUT2D eigenvalue weighted by molar-refractivity contribution is -0.148. The van der Waals surface area contributed by atoms with E-state index in [2.05, 4.69) is 10.2 Å². The van der Waals surface area contributed by atoms with E-state index in [1.807, 2.05) is 60.7 Å². The molecule has 0 aliphatic rings. The van der Waals surface area contributed by atoms with Crippen LogP contribution in [0.3, 0.4) is 0 Å². The Morgan fingerprint density at radius 2 is 1.70 bits per heavy atom. The summed E-state index contributed by atoms with van der Waals surface area (Å²) < 4.78 is 10.9. The van der Waals surface area contributed by atoms with Gasteiger partial charge < -0.3 is 9.15 Å². The molecule has 0 radical (unpaired) electrons. The van der Waals surface area contributed by atoms with Crippen molar-refractivity contribution in [1.82, 2.24) is 10.2 Å². The van der Waals surface area contributed by atoms with Gasteiger partial charge in [0.1, 0.15) is 0 Å². The third-order valence-electron chi connectivity index (χ3n) is 3.31. The monoisotopic (exact) mass is 308 g/mol. The summed E-state index contributed by atoms with van der Waals surface area (Å²) in [6.45, 7) is 1.71. The van der Waals surface area contributed by atoms with Crippen LogP contribution in [0.2, 0.25) is 0 Å². The molecule has 23 heavy (non-hydrogen) atoms. The predicted molar refractivity (Wildman–Crippen MR) is 84.4 cm³/mol. The SMILES string of the molecule is C[C@@H](OC(=O)Cc1ccccc1)c1nnc(-c2ccccc2)o1. The van der Waals surface area contributed by atoms with Crippen molar-refractivity contribution in [1.29, 1.82) is 0 Å². The van der Waals surface area contributed by atoms with Crippen molar-refractivity contribution >= 4 is 5.97 Å². The second kappa shape index (κ2) is 6.87. The maximum absolute atomic E-state index is 12.0. The van der Waals surface area contributed by atoms with Gasteiger partial charge in [-0.1, -0.05) is 48.5 Å². The molecule has 0 N–H and O–H groups in total. The van der Waals surface area contributed by atoms with Crippen LogP contribution in [0.25, 0.3) is 11.5 Å². The lowest BCUT2D eigenvalue weighted by atomic mass is 10.1. The van der Waals surface area contributed by atoms with Crippen molar-refractivity contribution in [2.45, 2.75) is 19.4 Å². The quantitative estimate of drug-likeness (QED) is 0.674. The van der Waals surface area contributed by atoms with E-state index in [0.717, 1.165) is 11.1 Å². The molecule has 1 heterocycles. The summed E-state index contributed by atoms with van der Waals surface area (Å²) in [6.07, 6.45) is -0.374. The Hall–Kier alpha value is -2.95. The molecule has 116 valence electrons. The number of nitrogens with zero attached hydrogens (tertiary/aromatic N) is 2. The van der Waals surface area contributed by atoms with Crippen molar-refractivity contribution in [3.8, 4) is 11.5 Å². The Balaban J connectivity index is 1.63. The molecule has 3 rings (SSSR count). The van der Waals surface area contributed by atoms with Gasteiger partial charge in [0, 0.05) is 5.56 Å². The summed E-state index contributed by atoms with van der Waals surface area (Å²) >= 11 is 0. The average molecular weight is 308 g/mol. The van der Waals surface area contributed by atoms with Crippen molar-refractivity contribution in [2.75, 3.05) is 0 Å². The molecule has 1 atom stereocenters. The van der Waals surface area contributed by atoms with Gasteiger partial charge >= 0.3 is 5.97 Å². The van der Waals surface area contributed by atoms with Crippen LogP contribution in [-0.4, -0.2) is 16.2 Å². The second-order valence-electron chi connectivity index (χ2n) is 5.11. The van der Waals surface area contributed by atoms with Gasteiger partial charge in [0.25, 0.3) is 5.89 Å². The molecule has 1 aromatic heterocycles. The van der Waals surface area contributed by atoms with Gasteiger partial charge in [0.15, 0.2) is 6.10 Å². The molecule has 0 aliphatic heterocycles. The van der Waals surface area contributed by atoms with E-state index < -0.39 is 6.10 Å². The zero-order chi connectivity index (χ0) is 16.1. The summed E-state index contributed by atoms with van der Waals surface area (Å²) in [7, 11) is 0. The highest BCUT2D eigenvalue weighted by Gasteiger charge is 2.19. The van der Waals surface area contributed by atoms with E-state index in [0.29, 0.717) is 5.89 Å². The Bertz CT molecular complexity index is 769. The minimum atomic E-state index is -0.587. The lowest BCUT2D eigenvalue weighted by Gasteiger charge is -2.09. The van der Waals surface area contributed by atoms with E-state index in [4.69, 9.17) is 9.15 Å². The van der Waals surface area contributed by atoms with E-state index in [1.54, 1.807) is 6.92 Å². The maximum atomic E-state index is 12.0. The van der Waals surface area contributed by atoms with Crippen LogP contribution in [0.5, 0.6) is 0 Å². The fraction of sp³-hybridized carbons (Fsp3) is 0.167. The van der Waals surface area contributed by atoms with Gasteiger partial charge in [-0.25, -0.2) is 0 Å². The smallest absolute Gasteiger partial charge is 0.311 e. The van der Waals surface area contributed by atoms with E-state index in [9.17, 15) is 4.79 Å². The highest BCUT2D eigenvalue weighted by molar-refractivity contribution is 5.72. The highest BCUT2D eigenvalue weighted by atomic mass is 16.6. The van der Waals surface area contributed by atoms with Crippen molar-refractivity contribution in [3.63, 3.8) is 0 Å². The average Bonchev–Trinajstić information content (AvgIpc) is 3.06. The maximum Gasteiger partial charge on any atom is 0.311 e. The Labute approximate surface area is 133 Å². The first-order valence-corrected chi connectivity index (χ1v) is 7.34. The first kappa shape index (κ1) is 15.0. The van der Waals surface area contributed by atoms with E-state index in [1.165, 1.54) is 0 Å². The molecular weight excluding hydrogens is 292 g/mol. The van der Waals surface area contributed by atoms with Crippen LogP contribution in [0, 0.1) is 0 Å². The number of hydrogen-bond donors (Lipinski definition) is 0. The lowest BCUT2D eigenvalue weighted by Crippen LogP contribution is -2.11. The fourth-order valence-electron chi connectivity index (χ4n) is 2.15. The largest absolute Gasteiger partial charge is 0.452 e. The number of hydrogen-bond acceptors (Lipinski definition) is 5. The van der Waals surface area contributed by atoms with Gasteiger partial charge in [0.2, 0.25) is 5.89 Å². The molecule has 2 aromatic carbocycles. The van der Waals surface area contributed by atoms with Gasteiger partial charge in [-0.15, -0.1) is 10.2 Å². The minimum absolute atomic E-state index is 0.213. The Morgan fingerprint density at radius 1 is 1.04 bits per heavy atom. The summed E-state index contributed by atoms with van der Waals surface area (Å²) in [4.78, 5) is 12.0. The standard InChI is InChI=1S/C18H16N2O3/c1-13(22-16(21)12-14-8-4-2-5-9-14)17-19-20-18(23-17)15-10-6-3-7-11-15/h2-11,13H,12H2,1H3/t13-/m1/s1. The van der Waals surface area contributed by atoms with Crippen LogP contribution in [-0.2, 0) is 16.0 Å². The molecule has 5 heteroatoms. The highest BCUT2D eigenvalue weighted by Crippen LogP contribution is 2.22. The zero-order valence-corrected chi connectivity index (χ0v) is 12.7. The van der Waals surface area contributed by atoms with E-state index in [-0.39, 0.29) is 18.3 Å². The normalized spacial score (nSPS) is 11.9. The van der Waals surface area contributed by atoms with Crippen molar-refractivity contribution < 1.29 is 13.9 Å². The van der Waals surface area contributed by atoms with Crippen molar-refractivity contribution in [2.24, 2.45) is 0 Å². The number of esters is 1. The van der Waals surface area contributed by atoms with E-state index >= 15 is 0 Å². The first-order chi connectivity index (χ1) is 11.2. The molecule has 0 saturated heterocycles. The molecule has 3 aromatic rings. The second-order valence-corrected chi connectivity index (χ2v) is 5.11. The number of ether oxygens (including phenoxy) is 1. The minimum Gasteiger partial charge on any atom is -0.452 e. The third kappa shape index (κ3) is 3.83. The number of aromatic nitrogens is 2. The molecule has 0 saturated carbocycles. The van der Waals surface area contributed by atoms with Crippen molar-refractivity contribution in [3.05, 3.63) is 72.1 Å². The number of benzene rings is 2. The van der Waals surface area contributed by atoms with Gasteiger partial charge in [-0.05, 0) is 24.6 Å². The van der Waals surface area contributed by atoms with Crippen LogP contribution in [0.4, 0.5) is 0 Å². The number of rotatable bonds is 5. The molecule has 0 unspecified atom stereocenters. The fourth-order valence-corrected chi connectivity index (χ4v) is 2.15. The predicted octanol–water partition coefficient (Wildman–Crippen LogP) is 3.58. The number of carbonyl (C=O) groups is 1. The van der Waals surface area contributed by atoms with Crippen LogP contribution in [0.1, 0.15) is 24.5 Å². The first-order valence-electron chi connectivity index (χ1n) is 7.34. The molecular formula is C18H16N2O3. The van der Waals surface area contributed by atoms with Crippen LogP contribution < -0.4 is 0 Å². The Kier molecular flexibility index (Phi) is 4.47. The third-order valence-corrected chi connectivity index (χ3v) is 3.31. The molecule has 0 spiro atoms. The molecule has 0 bridgehead atoms. The van der Waals surface area contributed by atoms with Crippen LogP contribution in [0.15, 0.2) is 65.1 Å². The molecule has 0 amide bonds. The number of carbonyl (C=O) groups excluding carboxylic acids is 1. The summed E-state index contributed by atoms with van der Waals surface area (Å²) in [5, 5.41) is 7.95. The van der Waals surface area contributed by atoms with Gasteiger partial charge in [-0.2, -0.15) is 0 Å².